The second kappa shape index (κ2) is 12.5. The van der Waals surface area contributed by atoms with E-state index in [-0.39, 0.29) is 34.0 Å². The van der Waals surface area contributed by atoms with E-state index >= 15 is 0 Å². The molecule has 4 aromatic rings. The smallest absolute Gasteiger partial charge is 0.204 e. The van der Waals surface area contributed by atoms with E-state index in [1.807, 2.05) is 0 Å². The number of phenolic OH excluding ortho intramolecular Hbond substituents is 3. The van der Waals surface area contributed by atoms with Crippen molar-refractivity contribution in [1.82, 2.24) is 0 Å². The van der Waals surface area contributed by atoms with Crippen molar-refractivity contribution in [3.8, 4) is 39.9 Å². The van der Waals surface area contributed by atoms with Gasteiger partial charge in [-0.1, -0.05) is 44.4 Å². The number of phenols is 3. The molecule has 190 valence electrons. The van der Waals surface area contributed by atoms with Gasteiger partial charge in [0.2, 0.25) is 11.2 Å². The van der Waals surface area contributed by atoms with Crippen molar-refractivity contribution in [3.63, 3.8) is 0 Å². The zero-order valence-corrected chi connectivity index (χ0v) is 20.8. The molecule has 0 saturated heterocycles. The average molecular weight is 493 g/mol. The minimum atomic E-state index is -0.190. The van der Waals surface area contributed by atoms with Gasteiger partial charge in [-0.2, -0.15) is 0 Å². The monoisotopic (exact) mass is 492 g/mol. The fraction of sp³-hybridized carbons (Fsp3) is 0.276. The molecule has 7 heteroatoms. The lowest BCUT2D eigenvalue weighted by Crippen LogP contribution is -2.05. The molecule has 0 saturated carbocycles. The van der Waals surface area contributed by atoms with Gasteiger partial charge in [-0.05, 0) is 54.3 Å². The fourth-order valence-electron chi connectivity index (χ4n) is 3.84. The molecule has 0 aliphatic carbocycles. The number of hydrogen-bond donors (Lipinski definition) is 3. The van der Waals surface area contributed by atoms with Crippen LogP contribution in [0.1, 0.15) is 38.2 Å². The van der Waals surface area contributed by atoms with Crippen LogP contribution in [0.3, 0.4) is 0 Å². The van der Waals surface area contributed by atoms with E-state index in [1.54, 1.807) is 43.5 Å². The van der Waals surface area contributed by atoms with Gasteiger partial charge >= 0.3 is 0 Å². The predicted molar refractivity (Wildman–Crippen MR) is 140 cm³/mol. The first kappa shape index (κ1) is 26.5. The predicted octanol–water partition coefficient (Wildman–Crippen LogP) is 6.40. The van der Waals surface area contributed by atoms with Crippen LogP contribution >= 0.6 is 0 Å². The Morgan fingerprint density at radius 1 is 0.833 bits per heavy atom. The number of rotatable bonds is 8. The number of fused-ring (bicyclic) bond motifs is 1. The van der Waals surface area contributed by atoms with Crippen molar-refractivity contribution in [2.75, 3.05) is 14.2 Å². The zero-order chi connectivity index (χ0) is 26.1. The van der Waals surface area contributed by atoms with E-state index in [1.165, 1.54) is 50.8 Å². The van der Waals surface area contributed by atoms with Gasteiger partial charge in [0.05, 0.1) is 25.2 Å². The van der Waals surface area contributed by atoms with Crippen LogP contribution in [-0.2, 0) is 6.42 Å². The van der Waals surface area contributed by atoms with Gasteiger partial charge in [0.1, 0.15) is 23.5 Å². The molecule has 7 nitrogen and oxygen atoms in total. The van der Waals surface area contributed by atoms with E-state index in [9.17, 15) is 15.0 Å². The molecule has 0 atom stereocenters. The molecule has 4 rings (SSSR count). The van der Waals surface area contributed by atoms with Crippen LogP contribution in [0, 0.1) is 0 Å². The minimum absolute atomic E-state index is 0.0738. The van der Waals surface area contributed by atoms with Crippen molar-refractivity contribution >= 4 is 11.0 Å². The highest BCUT2D eigenvalue weighted by Gasteiger charge is 2.15. The molecule has 0 unspecified atom stereocenters. The van der Waals surface area contributed by atoms with Gasteiger partial charge in [-0.25, -0.2) is 0 Å². The minimum Gasteiger partial charge on any atom is -0.508 e. The topological polar surface area (TPSA) is 109 Å². The standard InChI is InChI=1S/C17H14O5.C12H18O2/c1-20-11-5-3-10(4-6-11)13-9-22-16-12(15(13)19)7-8-14(18)17(16)21-2;1-2-3-4-5-6-10-7-8-11(13)9-12(10)14/h3-9,18H,1-2H3;7-9,13-14H,2-6H2,1H3. The molecule has 1 heterocycles. The van der Waals surface area contributed by atoms with Crippen molar-refractivity contribution in [3.05, 3.63) is 76.6 Å². The lowest BCUT2D eigenvalue weighted by atomic mass is 10.1. The Kier molecular flexibility index (Phi) is 9.22. The van der Waals surface area contributed by atoms with Crippen LogP contribution in [0.2, 0.25) is 0 Å². The van der Waals surface area contributed by atoms with E-state index < -0.39 is 0 Å². The second-order valence-electron chi connectivity index (χ2n) is 8.33. The van der Waals surface area contributed by atoms with Gasteiger partial charge in [0.25, 0.3) is 0 Å². The van der Waals surface area contributed by atoms with Gasteiger partial charge in [0.15, 0.2) is 11.3 Å². The number of methoxy groups -OCH3 is 2. The molecule has 0 bridgehead atoms. The summed E-state index contributed by atoms with van der Waals surface area (Å²) in [4.78, 5) is 12.6. The first-order chi connectivity index (χ1) is 17.4. The Morgan fingerprint density at radius 3 is 2.22 bits per heavy atom. The maximum atomic E-state index is 12.6. The summed E-state index contributed by atoms with van der Waals surface area (Å²) in [6.45, 7) is 2.18. The Bertz CT molecular complexity index is 1340. The van der Waals surface area contributed by atoms with Crippen LogP contribution in [0.5, 0.6) is 28.7 Å². The largest absolute Gasteiger partial charge is 0.508 e. The van der Waals surface area contributed by atoms with Gasteiger partial charge in [-0.15, -0.1) is 0 Å². The second-order valence-corrected chi connectivity index (χ2v) is 8.33. The van der Waals surface area contributed by atoms with Crippen LogP contribution in [0.15, 0.2) is 70.1 Å². The highest BCUT2D eigenvalue weighted by Crippen LogP contribution is 2.34. The molecular weight excluding hydrogens is 460 g/mol. The molecule has 0 fully saturated rings. The number of ether oxygens (including phenoxy) is 2. The molecule has 0 amide bonds. The molecule has 3 N–H and O–H groups in total. The highest BCUT2D eigenvalue weighted by atomic mass is 16.5. The average Bonchev–Trinajstić information content (AvgIpc) is 2.88. The van der Waals surface area contributed by atoms with E-state index in [2.05, 4.69) is 6.92 Å². The van der Waals surface area contributed by atoms with Gasteiger partial charge in [-0.3, -0.25) is 4.79 Å². The first-order valence-electron chi connectivity index (χ1n) is 11.9. The summed E-state index contributed by atoms with van der Waals surface area (Å²) >= 11 is 0. The van der Waals surface area contributed by atoms with E-state index in [0.29, 0.717) is 16.7 Å². The molecule has 0 aliphatic heterocycles. The summed E-state index contributed by atoms with van der Waals surface area (Å²) in [6.07, 6.45) is 7.05. The van der Waals surface area contributed by atoms with Crippen molar-refractivity contribution in [1.29, 1.82) is 0 Å². The van der Waals surface area contributed by atoms with Crippen LogP contribution in [-0.4, -0.2) is 29.5 Å². The first-order valence-corrected chi connectivity index (χ1v) is 11.9. The summed E-state index contributed by atoms with van der Waals surface area (Å²) in [6, 6.07) is 14.9. The third kappa shape index (κ3) is 6.30. The quantitative estimate of drug-likeness (QED) is 0.244. The maximum Gasteiger partial charge on any atom is 0.204 e. The molecular formula is C29H32O7. The third-order valence-electron chi connectivity index (χ3n) is 5.85. The van der Waals surface area contributed by atoms with Crippen molar-refractivity contribution in [2.45, 2.75) is 39.0 Å². The third-order valence-corrected chi connectivity index (χ3v) is 5.85. The summed E-state index contributed by atoms with van der Waals surface area (Å²) in [5.41, 5.74) is 2.12. The fourth-order valence-corrected chi connectivity index (χ4v) is 3.84. The SMILES string of the molecule is CCCCCCc1ccc(O)cc1O.COc1ccc(-c2coc3c(OC)c(O)ccc3c2=O)cc1. The molecule has 3 aromatic carbocycles. The Balaban J connectivity index is 0.000000223. The summed E-state index contributed by atoms with van der Waals surface area (Å²) < 4.78 is 15.7. The van der Waals surface area contributed by atoms with E-state index in [0.717, 1.165) is 24.0 Å². The zero-order valence-electron chi connectivity index (χ0n) is 20.8. The number of hydrogen-bond acceptors (Lipinski definition) is 7. The number of aromatic hydroxyl groups is 3. The van der Waals surface area contributed by atoms with E-state index in [4.69, 9.17) is 19.0 Å². The van der Waals surface area contributed by atoms with Crippen LogP contribution in [0.25, 0.3) is 22.1 Å². The Labute approximate surface area is 210 Å². The summed E-state index contributed by atoms with van der Waals surface area (Å²) in [7, 11) is 2.99. The lowest BCUT2D eigenvalue weighted by Gasteiger charge is -2.08. The lowest BCUT2D eigenvalue weighted by molar-refractivity contribution is 0.370. The Hall–Kier alpha value is -4.13. The van der Waals surface area contributed by atoms with Crippen molar-refractivity contribution in [2.24, 2.45) is 0 Å². The molecule has 0 aliphatic rings. The van der Waals surface area contributed by atoms with Crippen molar-refractivity contribution < 1.29 is 29.2 Å². The van der Waals surface area contributed by atoms with Crippen LogP contribution < -0.4 is 14.9 Å². The number of benzene rings is 3. The van der Waals surface area contributed by atoms with Gasteiger partial charge < -0.3 is 29.2 Å². The summed E-state index contributed by atoms with van der Waals surface area (Å²) in [5, 5.41) is 28.7. The normalized spacial score (nSPS) is 10.5. The molecule has 36 heavy (non-hydrogen) atoms. The summed E-state index contributed by atoms with van der Waals surface area (Å²) in [5.74, 6) is 1.12. The number of unbranched alkanes of at least 4 members (excludes halogenated alkanes) is 3. The molecule has 0 spiro atoms. The maximum absolute atomic E-state index is 12.6. The molecule has 1 aromatic heterocycles. The Morgan fingerprint density at radius 2 is 1.58 bits per heavy atom. The van der Waals surface area contributed by atoms with Crippen LogP contribution in [0.4, 0.5) is 0 Å². The number of aryl methyl sites for hydroxylation is 1. The molecule has 0 radical (unpaired) electrons. The van der Waals surface area contributed by atoms with Gasteiger partial charge in [0, 0.05) is 6.07 Å². The highest BCUT2D eigenvalue weighted by molar-refractivity contribution is 5.88.